The second-order valence-corrected chi connectivity index (χ2v) is 4.83. The summed E-state index contributed by atoms with van der Waals surface area (Å²) in [5.41, 5.74) is 2.13. The van der Waals surface area contributed by atoms with Crippen molar-refractivity contribution >= 4 is 12.3 Å². The number of hydrogen-bond acceptors (Lipinski definition) is 3. The molecule has 1 aliphatic carbocycles. The molecule has 18 heavy (non-hydrogen) atoms. The molecule has 0 amide bonds. The molecule has 2 rings (SSSR count). The Balaban J connectivity index is 2.33. The Bertz CT molecular complexity index is 445. The SMILES string of the molecule is COC(=O)c1cc(C=O)cc(C2CCCCC2)c1. The largest absolute Gasteiger partial charge is 0.465 e. The van der Waals surface area contributed by atoms with Crippen LogP contribution in [0.2, 0.25) is 0 Å². The van der Waals surface area contributed by atoms with E-state index in [1.54, 1.807) is 6.07 Å². The second-order valence-electron chi connectivity index (χ2n) is 4.83. The molecule has 1 saturated carbocycles. The van der Waals surface area contributed by atoms with E-state index in [-0.39, 0.29) is 5.97 Å². The van der Waals surface area contributed by atoms with E-state index >= 15 is 0 Å². The van der Waals surface area contributed by atoms with Crippen molar-refractivity contribution in [3.05, 3.63) is 34.9 Å². The van der Waals surface area contributed by atoms with E-state index in [1.165, 1.54) is 26.4 Å². The Morgan fingerprint density at radius 2 is 1.94 bits per heavy atom. The lowest BCUT2D eigenvalue weighted by molar-refractivity contribution is 0.0600. The van der Waals surface area contributed by atoms with E-state index in [9.17, 15) is 9.59 Å². The summed E-state index contributed by atoms with van der Waals surface area (Å²) in [6.07, 6.45) is 6.81. The Morgan fingerprint density at radius 3 is 2.56 bits per heavy atom. The minimum Gasteiger partial charge on any atom is -0.465 e. The van der Waals surface area contributed by atoms with E-state index < -0.39 is 0 Å². The van der Waals surface area contributed by atoms with Crippen LogP contribution in [-0.4, -0.2) is 19.4 Å². The fourth-order valence-electron chi connectivity index (χ4n) is 2.65. The molecular formula is C15H18O3. The first-order valence-electron chi connectivity index (χ1n) is 6.43. The highest BCUT2D eigenvalue weighted by molar-refractivity contribution is 5.92. The van der Waals surface area contributed by atoms with Crippen molar-refractivity contribution in [2.24, 2.45) is 0 Å². The number of ether oxygens (including phenoxy) is 1. The van der Waals surface area contributed by atoms with E-state index in [0.29, 0.717) is 17.0 Å². The van der Waals surface area contributed by atoms with E-state index in [1.807, 2.05) is 12.1 Å². The molecule has 0 radical (unpaired) electrons. The molecule has 0 aromatic heterocycles. The summed E-state index contributed by atoms with van der Waals surface area (Å²) in [7, 11) is 1.36. The molecule has 0 bridgehead atoms. The number of rotatable bonds is 3. The lowest BCUT2D eigenvalue weighted by Crippen LogP contribution is -2.08. The topological polar surface area (TPSA) is 43.4 Å². The lowest BCUT2D eigenvalue weighted by atomic mass is 9.83. The summed E-state index contributed by atoms with van der Waals surface area (Å²) in [6, 6.07) is 5.36. The minimum atomic E-state index is -0.379. The lowest BCUT2D eigenvalue weighted by Gasteiger charge is -2.22. The molecule has 0 unspecified atom stereocenters. The predicted octanol–water partition coefficient (Wildman–Crippen LogP) is 3.33. The highest BCUT2D eigenvalue weighted by atomic mass is 16.5. The monoisotopic (exact) mass is 246 g/mol. The average molecular weight is 246 g/mol. The molecule has 0 atom stereocenters. The summed E-state index contributed by atoms with van der Waals surface area (Å²) in [4.78, 5) is 22.5. The van der Waals surface area contributed by atoms with Gasteiger partial charge in [-0.2, -0.15) is 0 Å². The van der Waals surface area contributed by atoms with Crippen molar-refractivity contribution in [1.82, 2.24) is 0 Å². The number of benzene rings is 1. The van der Waals surface area contributed by atoms with Gasteiger partial charge in [0.15, 0.2) is 0 Å². The maximum Gasteiger partial charge on any atom is 0.337 e. The van der Waals surface area contributed by atoms with Crippen LogP contribution in [0.3, 0.4) is 0 Å². The number of carbonyl (C=O) groups excluding carboxylic acids is 2. The second kappa shape index (κ2) is 5.80. The van der Waals surface area contributed by atoms with Gasteiger partial charge in [-0.3, -0.25) is 4.79 Å². The van der Waals surface area contributed by atoms with Crippen molar-refractivity contribution < 1.29 is 14.3 Å². The molecule has 1 aromatic rings. The molecule has 0 heterocycles. The highest BCUT2D eigenvalue weighted by Gasteiger charge is 2.18. The summed E-state index contributed by atoms with van der Waals surface area (Å²) >= 11 is 0. The van der Waals surface area contributed by atoms with Gasteiger partial charge in [0.2, 0.25) is 0 Å². The van der Waals surface area contributed by atoms with Gasteiger partial charge in [-0.1, -0.05) is 19.3 Å². The summed E-state index contributed by atoms with van der Waals surface area (Å²) in [5.74, 6) is 0.0952. The van der Waals surface area contributed by atoms with Gasteiger partial charge in [0.1, 0.15) is 6.29 Å². The van der Waals surface area contributed by atoms with Crippen LogP contribution in [0.25, 0.3) is 0 Å². The van der Waals surface area contributed by atoms with Gasteiger partial charge in [0, 0.05) is 5.56 Å². The zero-order valence-corrected chi connectivity index (χ0v) is 10.6. The molecule has 0 N–H and O–H groups in total. The standard InChI is InChI=1S/C15H18O3/c1-18-15(17)14-8-11(10-16)7-13(9-14)12-5-3-2-4-6-12/h7-10,12H,2-6H2,1H3. The van der Waals surface area contributed by atoms with Gasteiger partial charge in [-0.25, -0.2) is 4.79 Å². The smallest absolute Gasteiger partial charge is 0.337 e. The van der Waals surface area contributed by atoms with Crippen LogP contribution in [0, 0.1) is 0 Å². The first-order chi connectivity index (χ1) is 8.74. The summed E-state index contributed by atoms with van der Waals surface area (Å²) in [5, 5.41) is 0. The Hall–Kier alpha value is -1.64. The van der Waals surface area contributed by atoms with E-state index in [4.69, 9.17) is 4.74 Å². The van der Waals surface area contributed by atoms with Crippen LogP contribution >= 0.6 is 0 Å². The van der Waals surface area contributed by atoms with Gasteiger partial charge in [0.25, 0.3) is 0 Å². The zero-order valence-electron chi connectivity index (χ0n) is 10.6. The van der Waals surface area contributed by atoms with Crippen LogP contribution < -0.4 is 0 Å². The quantitative estimate of drug-likeness (QED) is 0.607. The Kier molecular flexibility index (Phi) is 4.13. The van der Waals surface area contributed by atoms with Crippen LogP contribution in [0.4, 0.5) is 0 Å². The first kappa shape index (κ1) is 12.8. The molecule has 1 aromatic carbocycles. The number of hydrogen-bond donors (Lipinski definition) is 0. The number of esters is 1. The van der Waals surface area contributed by atoms with Gasteiger partial charge >= 0.3 is 5.97 Å². The van der Waals surface area contributed by atoms with Crippen LogP contribution in [-0.2, 0) is 4.74 Å². The normalized spacial score (nSPS) is 16.3. The van der Waals surface area contributed by atoms with Gasteiger partial charge in [-0.05, 0) is 42.5 Å². The molecule has 3 nitrogen and oxygen atoms in total. The predicted molar refractivity (Wildman–Crippen MR) is 69.0 cm³/mol. The molecule has 1 fully saturated rings. The molecule has 0 spiro atoms. The fraction of sp³-hybridized carbons (Fsp3) is 0.467. The summed E-state index contributed by atoms with van der Waals surface area (Å²) in [6.45, 7) is 0. The maximum atomic E-state index is 11.6. The third-order valence-electron chi connectivity index (χ3n) is 3.61. The Morgan fingerprint density at radius 1 is 1.22 bits per heavy atom. The van der Waals surface area contributed by atoms with Crippen LogP contribution in [0.15, 0.2) is 18.2 Å². The van der Waals surface area contributed by atoms with Crippen molar-refractivity contribution in [3.63, 3.8) is 0 Å². The highest BCUT2D eigenvalue weighted by Crippen LogP contribution is 2.33. The van der Waals surface area contributed by atoms with E-state index in [2.05, 4.69) is 0 Å². The number of aldehydes is 1. The van der Waals surface area contributed by atoms with Crippen molar-refractivity contribution in [1.29, 1.82) is 0 Å². The number of methoxy groups -OCH3 is 1. The van der Waals surface area contributed by atoms with Crippen LogP contribution in [0.1, 0.15) is 64.3 Å². The maximum absolute atomic E-state index is 11.6. The molecular weight excluding hydrogens is 228 g/mol. The van der Waals surface area contributed by atoms with Crippen LogP contribution in [0.5, 0.6) is 0 Å². The fourth-order valence-corrected chi connectivity index (χ4v) is 2.65. The molecule has 0 saturated heterocycles. The minimum absolute atomic E-state index is 0.379. The van der Waals surface area contributed by atoms with Crippen molar-refractivity contribution in [3.8, 4) is 0 Å². The molecule has 0 aliphatic heterocycles. The zero-order chi connectivity index (χ0) is 13.0. The third-order valence-corrected chi connectivity index (χ3v) is 3.61. The van der Waals surface area contributed by atoms with Crippen molar-refractivity contribution in [2.45, 2.75) is 38.0 Å². The number of carbonyl (C=O) groups is 2. The molecule has 3 heteroatoms. The average Bonchev–Trinajstić information content (AvgIpc) is 2.46. The summed E-state index contributed by atoms with van der Waals surface area (Å²) < 4.78 is 4.72. The Labute approximate surface area is 107 Å². The third kappa shape index (κ3) is 2.78. The van der Waals surface area contributed by atoms with E-state index in [0.717, 1.165) is 24.7 Å². The van der Waals surface area contributed by atoms with Crippen molar-refractivity contribution in [2.75, 3.05) is 7.11 Å². The van der Waals surface area contributed by atoms with Gasteiger partial charge in [-0.15, -0.1) is 0 Å². The van der Waals surface area contributed by atoms with Gasteiger partial charge in [0.05, 0.1) is 12.7 Å². The molecule has 96 valence electrons. The molecule has 1 aliphatic rings. The van der Waals surface area contributed by atoms with Gasteiger partial charge < -0.3 is 4.74 Å². The first-order valence-corrected chi connectivity index (χ1v) is 6.43.